The van der Waals surface area contributed by atoms with Crippen molar-refractivity contribution in [3.63, 3.8) is 0 Å². The molecular formula is C22H34N2O3. The van der Waals surface area contributed by atoms with Crippen molar-refractivity contribution in [2.45, 2.75) is 67.2 Å². The first-order chi connectivity index (χ1) is 12.4. The molecule has 0 aromatic heterocycles. The number of fused-ring (bicyclic) bond motifs is 4. The summed E-state index contributed by atoms with van der Waals surface area (Å²) in [4.78, 5) is 37.8. The van der Waals surface area contributed by atoms with Crippen molar-refractivity contribution in [2.24, 2.45) is 50.6 Å². The normalized spacial score (nSPS) is 46.3. The molecule has 0 radical (unpaired) electrons. The lowest BCUT2D eigenvalue weighted by atomic mass is 9.70. The van der Waals surface area contributed by atoms with E-state index < -0.39 is 0 Å². The van der Waals surface area contributed by atoms with Crippen molar-refractivity contribution in [3.8, 4) is 0 Å². The zero-order chi connectivity index (χ0) is 20.0. The van der Waals surface area contributed by atoms with Gasteiger partial charge in [-0.05, 0) is 48.3 Å². The van der Waals surface area contributed by atoms with Crippen molar-refractivity contribution >= 4 is 11.6 Å². The maximum Gasteiger partial charge on any atom is 0.144 e. The summed E-state index contributed by atoms with van der Waals surface area (Å²) < 4.78 is 0. The molecule has 0 spiro atoms. The summed E-state index contributed by atoms with van der Waals surface area (Å²) in [5.74, 6) is 0.947. The van der Waals surface area contributed by atoms with Gasteiger partial charge in [0.1, 0.15) is 11.6 Å². The number of carbonyl (C=O) groups excluding carboxylic acids is 2. The summed E-state index contributed by atoms with van der Waals surface area (Å²) in [6.45, 7) is 13.7. The number of hydrogen-bond donors (Lipinski definition) is 0. The molecule has 0 saturated heterocycles. The molecule has 4 aliphatic rings. The summed E-state index contributed by atoms with van der Waals surface area (Å²) in [5, 5.41) is 4.78. The number of rotatable bonds is 5. The van der Waals surface area contributed by atoms with Crippen LogP contribution in [0.15, 0.2) is 5.29 Å². The zero-order valence-corrected chi connectivity index (χ0v) is 17.7. The number of ketones is 2. The Morgan fingerprint density at radius 3 is 1.44 bits per heavy atom. The number of Topliss-reactive ketones (excluding diaryl/α,β-unsaturated/α-hetero) is 2. The van der Waals surface area contributed by atoms with E-state index in [1.165, 1.54) is 5.01 Å². The second kappa shape index (κ2) is 5.42. The number of nitrogens with zero attached hydrogens (tertiary/aromatic N) is 2. The molecule has 0 aromatic rings. The summed E-state index contributed by atoms with van der Waals surface area (Å²) >= 11 is 0. The molecule has 5 nitrogen and oxygen atoms in total. The van der Waals surface area contributed by atoms with Gasteiger partial charge in [-0.2, -0.15) is 0 Å². The Labute approximate surface area is 162 Å². The Kier molecular flexibility index (Phi) is 3.83. The fourth-order valence-corrected chi connectivity index (χ4v) is 7.56. The summed E-state index contributed by atoms with van der Waals surface area (Å²) in [6, 6.07) is 0. The molecule has 6 atom stereocenters. The molecule has 4 aliphatic carbocycles. The summed E-state index contributed by atoms with van der Waals surface area (Å²) in [5.41, 5.74) is -0.620. The fourth-order valence-electron chi connectivity index (χ4n) is 7.56. The van der Waals surface area contributed by atoms with Crippen LogP contribution in [-0.4, -0.2) is 29.7 Å². The standard InChI is InChI=1S/C22H34N2O3/c1-19(2)15-7-9-21(19,5)17(25)13(15)11-24(23-27)12-14-16-8-10-22(6,18(14)26)20(16,3)4/h13-16H,7-12H2,1-6H3/t13-,14-,15-,16+,21-,22+/m1/s1. The van der Waals surface area contributed by atoms with E-state index in [0.29, 0.717) is 36.5 Å². The van der Waals surface area contributed by atoms with E-state index in [1.54, 1.807) is 0 Å². The first-order valence-corrected chi connectivity index (χ1v) is 10.6. The highest BCUT2D eigenvalue weighted by molar-refractivity contribution is 5.92. The Morgan fingerprint density at radius 1 is 0.815 bits per heavy atom. The largest absolute Gasteiger partial charge is 0.299 e. The minimum absolute atomic E-state index is 0.0268. The molecular weight excluding hydrogens is 340 g/mol. The molecule has 0 N–H and O–H groups in total. The molecule has 4 rings (SSSR count). The van der Waals surface area contributed by atoms with E-state index in [1.807, 2.05) is 0 Å². The van der Waals surface area contributed by atoms with Gasteiger partial charge in [-0.25, -0.2) is 0 Å². The Morgan fingerprint density at radius 2 is 1.19 bits per heavy atom. The van der Waals surface area contributed by atoms with Crippen molar-refractivity contribution in [1.82, 2.24) is 5.01 Å². The Balaban J connectivity index is 1.52. The molecule has 0 amide bonds. The van der Waals surface area contributed by atoms with Crippen LogP contribution in [0.1, 0.15) is 67.2 Å². The summed E-state index contributed by atoms with van der Waals surface area (Å²) in [7, 11) is 0. The van der Waals surface area contributed by atoms with Crippen LogP contribution in [0.25, 0.3) is 0 Å². The van der Waals surface area contributed by atoms with Crippen LogP contribution in [0.4, 0.5) is 0 Å². The van der Waals surface area contributed by atoms with E-state index in [9.17, 15) is 14.5 Å². The van der Waals surface area contributed by atoms with E-state index in [4.69, 9.17) is 0 Å². The van der Waals surface area contributed by atoms with Crippen molar-refractivity contribution in [1.29, 1.82) is 0 Å². The number of hydrogen-bond acceptors (Lipinski definition) is 4. The third-order valence-electron chi connectivity index (χ3n) is 10.3. The molecule has 4 saturated carbocycles. The first kappa shape index (κ1) is 19.1. The van der Waals surface area contributed by atoms with Gasteiger partial charge in [-0.3, -0.25) is 14.6 Å². The van der Waals surface area contributed by atoms with Crippen LogP contribution in [0.3, 0.4) is 0 Å². The molecule has 27 heavy (non-hydrogen) atoms. The van der Waals surface area contributed by atoms with Gasteiger partial charge in [0.05, 0.1) is 5.29 Å². The maximum atomic E-state index is 13.1. The maximum absolute atomic E-state index is 13.1. The van der Waals surface area contributed by atoms with Gasteiger partial charge in [0.25, 0.3) is 0 Å². The molecule has 4 bridgehead atoms. The number of carbonyl (C=O) groups is 2. The van der Waals surface area contributed by atoms with Gasteiger partial charge in [-0.1, -0.05) is 41.5 Å². The molecule has 0 unspecified atom stereocenters. The quantitative estimate of drug-likeness (QED) is 0.533. The van der Waals surface area contributed by atoms with E-state index >= 15 is 0 Å². The van der Waals surface area contributed by atoms with E-state index in [-0.39, 0.29) is 33.5 Å². The highest BCUT2D eigenvalue weighted by Gasteiger charge is 2.68. The van der Waals surface area contributed by atoms with E-state index in [0.717, 1.165) is 25.7 Å². The average Bonchev–Trinajstić information content (AvgIpc) is 3.07. The predicted molar refractivity (Wildman–Crippen MR) is 104 cm³/mol. The molecule has 0 aliphatic heterocycles. The van der Waals surface area contributed by atoms with Gasteiger partial charge < -0.3 is 0 Å². The second-order valence-corrected chi connectivity index (χ2v) is 11.3. The molecule has 150 valence electrons. The lowest BCUT2D eigenvalue weighted by Crippen LogP contribution is -2.41. The van der Waals surface area contributed by atoms with Crippen molar-refractivity contribution < 1.29 is 9.59 Å². The lowest BCUT2D eigenvalue weighted by Gasteiger charge is -2.32. The van der Waals surface area contributed by atoms with Gasteiger partial charge in [0, 0.05) is 35.8 Å². The topological polar surface area (TPSA) is 66.8 Å². The Hall–Kier alpha value is -1.26. The first-order valence-electron chi connectivity index (χ1n) is 10.6. The average molecular weight is 375 g/mol. The van der Waals surface area contributed by atoms with Crippen molar-refractivity contribution in [3.05, 3.63) is 4.91 Å². The van der Waals surface area contributed by atoms with Crippen molar-refractivity contribution in [2.75, 3.05) is 13.1 Å². The highest BCUT2D eigenvalue weighted by Crippen LogP contribution is 2.67. The van der Waals surface area contributed by atoms with Gasteiger partial charge >= 0.3 is 0 Å². The molecule has 0 aromatic carbocycles. The monoisotopic (exact) mass is 374 g/mol. The number of nitroso groups, excluding NO2 is 1. The molecule has 5 heteroatoms. The minimum Gasteiger partial charge on any atom is -0.299 e. The summed E-state index contributed by atoms with van der Waals surface area (Å²) in [6.07, 6.45) is 3.99. The van der Waals surface area contributed by atoms with E-state index in [2.05, 4.69) is 46.8 Å². The minimum atomic E-state index is -0.283. The molecule has 0 heterocycles. The third kappa shape index (κ3) is 2.06. The van der Waals surface area contributed by atoms with Crippen LogP contribution in [-0.2, 0) is 9.59 Å². The Bertz CT molecular complexity index is 658. The lowest BCUT2D eigenvalue weighted by molar-refractivity contribution is -0.132. The third-order valence-corrected chi connectivity index (χ3v) is 10.3. The second-order valence-electron chi connectivity index (χ2n) is 11.3. The van der Waals surface area contributed by atoms with Gasteiger partial charge in [-0.15, -0.1) is 4.91 Å². The van der Waals surface area contributed by atoms with Crippen LogP contribution >= 0.6 is 0 Å². The SMILES string of the molecule is CC1(C)[C@H]2CC[C@@]1(C)C(=O)[C@@H]2CN(C[C@H]1C(=O)[C@@]2(C)CC[C@H]1C2(C)C)N=O. The van der Waals surface area contributed by atoms with Gasteiger partial charge in [0.15, 0.2) is 0 Å². The van der Waals surface area contributed by atoms with Crippen LogP contribution < -0.4 is 0 Å². The highest BCUT2D eigenvalue weighted by atomic mass is 16.3. The fraction of sp³-hybridized carbons (Fsp3) is 0.909. The van der Waals surface area contributed by atoms with Gasteiger partial charge in [0.2, 0.25) is 0 Å². The smallest absolute Gasteiger partial charge is 0.144 e. The molecule has 4 fully saturated rings. The van der Waals surface area contributed by atoms with Crippen LogP contribution in [0.2, 0.25) is 0 Å². The predicted octanol–water partition coefficient (Wildman–Crippen LogP) is 4.25. The van der Waals surface area contributed by atoms with Crippen LogP contribution in [0, 0.1) is 50.2 Å². The van der Waals surface area contributed by atoms with Crippen LogP contribution in [0.5, 0.6) is 0 Å². The zero-order valence-electron chi connectivity index (χ0n) is 17.7.